The van der Waals surface area contributed by atoms with Gasteiger partial charge in [-0.3, -0.25) is 4.79 Å². The Balaban J connectivity index is 1.66. The zero-order valence-electron chi connectivity index (χ0n) is 15.1. The third-order valence-corrected chi connectivity index (χ3v) is 4.91. The number of carbonyl (C=O) groups is 1. The molecule has 0 aliphatic carbocycles. The van der Waals surface area contributed by atoms with Crippen molar-refractivity contribution >= 4 is 5.91 Å². The Kier molecular flexibility index (Phi) is 5.87. The van der Waals surface area contributed by atoms with Gasteiger partial charge < -0.3 is 14.2 Å². The van der Waals surface area contributed by atoms with E-state index in [1.165, 1.54) is 5.56 Å². The third-order valence-electron chi connectivity index (χ3n) is 4.91. The molecule has 2 heterocycles. The molecule has 25 heavy (non-hydrogen) atoms. The Hall–Kier alpha value is -2.14. The molecule has 0 radical (unpaired) electrons. The number of amides is 1. The van der Waals surface area contributed by atoms with Gasteiger partial charge in [0.1, 0.15) is 5.82 Å². The summed E-state index contributed by atoms with van der Waals surface area (Å²) in [5, 5.41) is 0. The van der Waals surface area contributed by atoms with E-state index in [4.69, 9.17) is 4.74 Å². The standard InChI is InChI=1S/C20H27N3O2/c1-3-18-17(10-7-13-25-18)20(24)22(2)15-19-21-11-12-23(19)14-16-8-5-4-6-9-16/h4-6,8-9,11-12,17-18H,3,7,10,13-15H2,1-2H3/t17-,18+/m0/s1. The van der Waals surface area contributed by atoms with Gasteiger partial charge >= 0.3 is 0 Å². The highest BCUT2D eigenvalue weighted by Gasteiger charge is 2.32. The minimum atomic E-state index is -0.0266. The predicted molar refractivity (Wildman–Crippen MR) is 97.0 cm³/mol. The molecule has 1 fully saturated rings. The number of carbonyl (C=O) groups excluding carboxylic acids is 1. The van der Waals surface area contributed by atoms with E-state index < -0.39 is 0 Å². The van der Waals surface area contributed by atoms with Gasteiger partial charge in [0.25, 0.3) is 0 Å². The van der Waals surface area contributed by atoms with Crippen molar-refractivity contribution < 1.29 is 9.53 Å². The number of hydrogen-bond acceptors (Lipinski definition) is 3. The molecule has 5 nitrogen and oxygen atoms in total. The van der Waals surface area contributed by atoms with Crippen molar-refractivity contribution in [3.05, 3.63) is 54.1 Å². The van der Waals surface area contributed by atoms with Crippen LogP contribution in [0.5, 0.6) is 0 Å². The number of benzene rings is 1. The first-order chi connectivity index (χ1) is 12.2. The Morgan fingerprint density at radius 3 is 2.92 bits per heavy atom. The first-order valence-electron chi connectivity index (χ1n) is 9.09. The summed E-state index contributed by atoms with van der Waals surface area (Å²) in [6.45, 7) is 4.14. The van der Waals surface area contributed by atoms with E-state index in [2.05, 4.69) is 28.6 Å². The van der Waals surface area contributed by atoms with Crippen molar-refractivity contribution in [1.82, 2.24) is 14.5 Å². The lowest BCUT2D eigenvalue weighted by atomic mass is 9.91. The fraction of sp³-hybridized carbons (Fsp3) is 0.500. The summed E-state index contributed by atoms with van der Waals surface area (Å²) in [7, 11) is 1.87. The second-order valence-corrected chi connectivity index (χ2v) is 6.72. The van der Waals surface area contributed by atoms with E-state index in [0.29, 0.717) is 6.54 Å². The molecule has 1 aromatic carbocycles. The third kappa shape index (κ3) is 4.28. The van der Waals surface area contributed by atoms with Crippen molar-refractivity contribution in [2.45, 2.75) is 45.4 Å². The van der Waals surface area contributed by atoms with Crippen LogP contribution in [0.2, 0.25) is 0 Å². The van der Waals surface area contributed by atoms with Crippen molar-refractivity contribution in [2.24, 2.45) is 5.92 Å². The van der Waals surface area contributed by atoms with E-state index in [9.17, 15) is 4.79 Å². The van der Waals surface area contributed by atoms with Gasteiger partial charge in [0, 0.05) is 32.6 Å². The summed E-state index contributed by atoms with van der Waals surface area (Å²) >= 11 is 0. The number of rotatable bonds is 6. The molecule has 0 N–H and O–H groups in total. The Morgan fingerprint density at radius 1 is 1.36 bits per heavy atom. The Morgan fingerprint density at radius 2 is 2.16 bits per heavy atom. The lowest BCUT2D eigenvalue weighted by molar-refractivity contribution is -0.144. The Labute approximate surface area is 149 Å². The lowest BCUT2D eigenvalue weighted by Crippen LogP contribution is -2.42. The van der Waals surface area contributed by atoms with Gasteiger partial charge in [-0.25, -0.2) is 4.98 Å². The second-order valence-electron chi connectivity index (χ2n) is 6.72. The van der Waals surface area contributed by atoms with Gasteiger partial charge in [0.05, 0.1) is 18.6 Å². The van der Waals surface area contributed by atoms with Gasteiger partial charge in [-0.15, -0.1) is 0 Å². The fourth-order valence-corrected chi connectivity index (χ4v) is 3.51. The lowest BCUT2D eigenvalue weighted by Gasteiger charge is -2.32. The van der Waals surface area contributed by atoms with Gasteiger partial charge in [0.2, 0.25) is 5.91 Å². The molecule has 0 saturated carbocycles. The first-order valence-corrected chi connectivity index (χ1v) is 9.09. The summed E-state index contributed by atoms with van der Waals surface area (Å²) in [6.07, 6.45) is 6.58. The van der Waals surface area contributed by atoms with E-state index in [1.807, 2.05) is 31.4 Å². The fourth-order valence-electron chi connectivity index (χ4n) is 3.51. The second kappa shape index (κ2) is 8.30. The molecule has 2 aromatic rings. The van der Waals surface area contributed by atoms with E-state index in [0.717, 1.165) is 38.2 Å². The SMILES string of the molecule is CC[C@H]1OCCC[C@@H]1C(=O)N(C)Cc1nccn1Cc1ccccc1. The summed E-state index contributed by atoms with van der Waals surface area (Å²) in [5.74, 6) is 1.05. The maximum atomic E-state index is 12.9. The maximum Gasteiger partial charge on any atom is 0.228 e. The van der Waals surface area contributed by atoms with Crippen LogP contribution in [0.15, 0.2) is 42.7 Å². The van der Waals surface area contributed by atoms with Crippen LogP contribution in [-0.4, -0.2) is 40.1 Å². The average Bonchev–Trinajstić information content (AvgIpc) is 3.08. The number of aromatic nitrogens is 2. The Bertz CT molecular complexity index is 683. The highest BCUT2D eigenvalue weighted by molar-refractivity contribution is 5.79. The smallest absolute Gasteiger partial charge is 0.228 e. The molecule has 1 aliphatic rings. The molecule has 0 unspecified atom stereocenters. The van der Waals surface area contributed by atoms with Crippen LogP contribution in [-0.2, 0) is 22.6 Å². The average molecular weight is 341 g/mol. The maximum absolute atomic E-state index is 12.9. The predicted octanol–water partition coefficient (Wildman–Crippen LogP) is 3.10. The van der Waals surface area contributed by atoms with Crippen molar-refractivity contribution in [1.29, 1.82) is 0 Å². The highest BCUT2D eigenvalue weighted by Crippen LogP contribution is 2.25. The van der Waals surface area contributed by atoms with E-state index >= 15 is 0 Å². The van der Waals surface area contributed by atoms with Crippen LogP contribution in [0, 0.1) is 5.92 Å². The summed E-state index contributed by atoms with van der Waals surface area (Å²) < 4.78 is 7.89. The largest absolute Gasteiger partial charge is 0.377 e. The molecule has 1 aliphatic heterocycles. The van der Waals surface area contributed by atoms with Gasteiger partial charge in [-0.05, 0) is 24.8 Å². The summed E-state index contributed by atoms with van der Waals surface area (Å²) in [6, 6.07) is 10.3. The van der Waals surface area contributed by atoms with Crippen LogP contribution in [0.3, 0.4) is 0 Å². The quantitative estimate of drug-likeness (QED) is 0.811. The number of nitrogens with zero attached hydrogens (tertiary/aromatic N) is 3. The summed E-state index contributed by atoms with van der Waals surface area (Å²) in [5.41, 5.74) is 1.22. The normalized spacial score (nSPS) is 20.4. The molecular formula is C20H27N3O2. The van der Waals surface area contributed by atoms with Crippen LogP contribution >= 0.6 is 0 Å². The van der Waals surface area contributed by atoms with Gasteiger partial charge in [0.15, 0.2) is 0 Å². The zero-order valence-corrected chi connectivity index (χ0v) is 15.1. The van der Waals surface area contributed by atoms with Crippen molar-refractivity contribution in [3.8, 4) is 0 Å². The van der Waals surface area contributed by atoms with Gasteiger partial charge in [-0.2, -0.15) is 0 Å². The minimum Gasteiger partial charge on any atom is -0.377 e. The number of imidazole rings is 1. The molecule has 5 heteroatoms. The van der Waals surface area contributed by atoms with Crippen LogP contribution < -0.4 is 0 Å². The van der Waals surface area contributed by atoms with Gasteiger partial charge in [-0.1, -0.05) is 37.3 Å². The highest BCUT2D eigenvalue weighted by atomic mass is 16.5. The van der Waals surface area contributed by atoms with Crippen molar-refractivity contribution in [2.75, 3.05) is 13.7 Å². The number of hydrogen-bond donors (Lipinski definition) is 0. The van der Waals surface area contributed by atoms with Crippen molar-refractivity contribution in [3.63, 3.8) is 0 Å². The molecule has 1 amide bonds. The molecular weight excluding hydrogens is 314 g/mol. The zero-order chi connectivity index (χ0) is 17.6. The molecule has 0 spiro atoms. The van der Waals surface area contributed by atoms with E-state index in [1.54, 1.807) is 11.1 Å². The molecule has 1 aromatic heterocycles. The number of ether oxygens (including phenoxy) is 1. The molecule has 2 atom stereocenters. The van der Waals surface area contributed by atoms with Crippen LogP contribution in [0.4, 0.5) is 0 Å². The van der Waals surface area contributed by atoms with Crippen LogP contribution in [0.1, 0.15) is 37.6 Å². The van der Waals surface area contributed by atoms with E-state index in [-0.39, 0.29) is 17.9 Å². The monoisotopic (exact) mass is 341 g/mol. The molecule has 1 saturated heterocycles. The topological polar surface area (TPSA) is 47.4 Å². The minimum absolute atomic E-state index is 0.0266. The summed E-state index contributed by atoms with van der Waals surface area (Å²) in [4.78, 5) is 19.1. The molecule has 3 rings (SSSR count). The molecule has 0 bridgehead atoms. The van der Waals surface area contributed by atoms with Crippen LogP contribution in [0.25, 0.3) is 0 Å². The first kappa shape index (κ1) is 17.7. The molecule has 134 valence electrons.